The molecule has 5 nitrogen and oxygen atoms in total. The molecule has 1 aromatic carbocycles. The predicted octanol–water partition coefficient (Wildman–Crippen LogP) is 3.34. The Labute approximate surface area is 111 Å². The smallest absolute Gasteiger partial charge is 0.219 e. The van der Waals surface area contributed by atoms with Gasteiger partial charge in [-0.25, -0.2) is 0 Å². The van der Waals surface area contributed by atoms with Crippen molar-refractivity contribution in [1.82, 2.24) is 14.6 Å². The summed E-state index contributed by atoms with van der Waals surface area (Å²) in [6, 6.07) is 7.45. The molecule has 88 valence electrons. The van der Waals surface area contributed by atoms with Gasteiger partial charge in [-0.15, -0.1) is 0 Å². The zero-order chi connectivity index (χ0) is 12.5. The van der Waals surface area contributed by atoms with E-state index < -0.39 is 0 Å². The molecule has 0 saturated carbocycles. The third-order valence-corrected chi connectivity index (χ3v) is 3.46. The van der Waals surface area contributed by atoms with Crippen molar-refractivity contribution >= 4 is 34.0 Å². The SMILES string of the molecule is N#Cc1c(Cl)nsc1Oc1ccc2cn[nH]c2c1. The van der Waals surface area contributed by atoms with Crippen LogP contribution in [0.25, 0.3) is 10.9 Å². The molecule has 1 N–H and O–H groups in total. The molecule has 7 heteroatoms. The highest BCUT2D eigenvalue weighted by molar-refractivity contribution is 7.08. The van der Waals surface area contributed by atoms with Gasteiger partial charge in [0, 0.05) is 23.0 Å². The Morgan fingerprint density at radius 1 is 1.44 bits per heavy atom. The summed E-state index contributed by atoms with van der Waals surface area (Å²) in [7, 11) is 0. The maximum Gasteiger partial charge on any atom is 0.219 e. The van der Waals surface area contributed by atoms with Gasteiger partial charge in [0.05, 0.1) is 11.7 Å². The van der Waals surface area contributed by atoms with E-state index in [2.05, 4.69) is 14.6 Å². The highest BCUT2D eigenvalue weighted by Gasteiger charge is 2.14. The molecular formula is C11H5ClN4OS. The second kappa shape index (κ2) is 4.29. The molecule has 18 heavy (non-hydrogen) atoms. The summed E-state index contributed by atoms with van der Waals surface area (Å²) in [4.78, 5) is 0. The number of nitrogens with one attached hydrogen (secondary N) is 1. The first-order valence-electron chi connectivity index (χ1n) is 4.94. The molecule has 0 bridgehead atoms. The minimum Gasteiger partial charge on any atom is -0.444 e. The third kappa shape index (κ3) is 1.79. The number of nitriles is 1. The monoisotopic (exact) mass is 276 g/mol. The molecule has 0 fully saturated rings. The molecule has 0 radical (unpaired) electrons. The number of aromatic amines is 1. The maximum atomic E-state index is 8.94. The molecule has 0 saturated heterocycles. The minimum atomic E-state index is 0.167. The van der Waals surface area contributed by atoms with Crippen LogP contribution < -0.4 is 4.74 Å². The van der Waals surface area contributed by atoms with Gasteiger partial charge in [-0.05, 0) is 12.1 Å². The van der Waals surface area contributed by atoms with Gasteiger partial charge in [-0.1, -0.05) is 11.6 Å². The number of hydrogen-bond acceptors (Lipinski definition) is 5. The standard InChI is InChI=1S/C11H5ClN4OS/c12-10-8(4-13)11(18-16-10)17-7-2-1-6-5-14-15-9(6)3-7/h1-3,5H,(H,14,15). The maximum absolute atomic E-state index is 8.94. The fraction of sp³-hybridized carbons (Fsp3) is 0. The highest BCUT2D eigenvalue weighted by Crippen LogP contribution is 2.34. The topological polar surface area (TPSA) is 74.6 Å². The molecule has 3 aromatic rings. The van der Waals surface area contributed by atoms with Crippen molar-refractivity contribution < 1.29 is 4.74 Å². The Morgan fingerprint density at radius 2 is 2.33 bits per heavy atom. The normalized spacial score (nSPS) is 10.4. The van der Waals surface area contributed by atoms with E-state index in [9.17, 15) is 0 Å². The molecule has 0 amide bonds. The summed E-state index contributed by atoms with van der Waals surface area (Å²) < 4.78 is 9.48. The van der Waals surface area contributed by atoms with Gasteiger partial charge < -0.3 is 4.74 Å². The van der Waals surface area contributed by atoms with Crippen LogP contribution in [0.1, 0.15) is 5.56 Å². The van der Waals surface area contributed by atoms with Crippen molar-refractivity contribution in [3.8, 4) is 16.9 Å². The van der Waals surface area contributed by atoms with E-state index in [1.807, 2.05) is 12.1 Å². The minimum absolute atomic E-state index is 0.167. The van der Waals surface area contributed by atoms with Gasteiger partial charge in [0.2, 0.25) is 5.06 Å². The van der Waals surface area contributed by atoms with E-state index in [1.165, 1.54) is 0 Å². The van der Waals surface area contributed by atoms with Crippen LogP contribution in [0.4, 0.5) is 0 Å². The number of ether oxygens (including phenoxy) is 1. The molecule has 0 aliphatic rings. The zero-order valence-corrected chi connectivity index (χ0v) is 10.4. The number of fused-ring (bicyclic) bond motifs is 1. The van der Waals surface area contributed by atoms with Crippen molar-refractivity contribution in [3.63, 3.8) is 0 Å². The largest absolute Gasteiger partial charge is 0.444 e. The summed E-state index contributed by atoms with van der Waals surface area (Å²) in [6.45, 7) is 0. The van der Waals surface area contributed by atoms with Crippen molar-refractivity contribution in [3.05, 3.63) is 35.1 Å². The molecular weight excluding hydrogens is 272 g/mol. The van der Waals surface area contributed by atoms with E-state index >= 15 is 0 Å². The summed E-state index contributed by atoms with van der Waals surface area (Å²) in [5.74, 6) is 0.601. The van der Waals surface area contributed by atoms with Gasteiger partial charge >= 0.3 is 0 Å². The van der Waals surface area contributed by atoms with Gasteiger partial charge in [0.1, 0.15) is 17.4 Å². The fourth-order valence-corrected chi connectivity index (χ4v) is 2.41. The first-order valence-corrected chi connectivity index (χ1v) is 6.09. The molecule has 0 spiro atoms. The second-order valence-corrected chi connectivity index (χ2v) is 4.56. The van der Waals surface area contributed by atoms with E-state index in [4.69, 9.17) is 21.6 Å². The third-order valence-electron chi connectivity index (χ3n) is 2.35. The lowest BCUT2D eigenvalue weighted by molar-refractivity contribution is 0.496. The van der Waals surface area contributed by atoms with Crippen LogP contribution in [0.3, 0.4) is 0 Å². The Balaban J connectivity index is 1.98. The summed E-state index contributed by atoms with van der Waals surface area (Å²) in [6.07, 6.45) is 1.73. The Morgan fingerprint density at radius 3 is 3.17 bits per heavy atom. The van der Waals surface area contributed by atoms with Crippen molar-refractivity contribution in [1.29, 1.82) is 5.26 Å². The lowest BCUT2D eigenvalue weighted by Crippen LogP contribution is -1.84. The quantitative estimate of drug-likeness (QED) is 0.779. The molecule has 2 heterocycles. The summed E-state index contributed by atoms with van der Waals surface area (Å²) in [5, 5.41) is 17.3. The number of halogens is 1. The molecule has 0 unspecified atom stereocenters. The lowest BCUT2D eigenvalue weighted by atomic mass is 10.2. The van der Waals surface area contributed by atoms with Crippen molar-refractivity contribution in [2.45, 2.75) is 0 Å². The molecule has 0 aliphatic heterocycles. The number of nitrogens with zero attached hydrogens (tertiary/aromatic N) is 3. The van der Waals surface area contributed by atoms with Crippen LogP contribution in [-0.2, 0) is 0 Å². The van der Waals surface area contributed by atoms with Crippen LogP contribution in [0.2, 0.25) is 5.15 Å². The zero-order valence-electron chi connectivity index (χ0n) is 8.85. The highest BCUT2D eigenvalue weighted by atomic mass is 35.5. The molecule has 0 aliphatic carbocycles. The predicted molar refractivity (Wildman–Crippen MR) is 68.0 cm³/mol. The fourth-order valence-electron chi connectivity index (χ4n) is 1.51. The van der Waals surface area contributed by atoms with Crippen LogP contribution in [0.5, 0.6) is 10.8 Å². The average molecular weight is 277 g/mol. The Hall–Kier alpha value is -2.10. The number of benzene rings is 1. The van der Waals surface area contributed by atoms with E-state index in [0.717, 1.165) is 22.4 Å². The molecule has 3 rings (SSSR count). The van der Waals surface area contributed by atoms with Gasteiger partial charge in [0.25, 0.3) is 0 Å². The van der Waals surface area contributed by atoms with Gasteiger partial charge in [-0.3, -0.25) is 5.10 Å². The summed E-state index contributed by atoms with van der Waals surface area (Å²) in [5.41, 5.74) is 1.12. The lowest BCUT2D eigenvalue weighted by Gasteiger charge is -2.02. The van der Waals surface area contributed by atoms with Crippen LogP contribution in [0, 0.1) is 11.3 Å². The number of aromatic nitrogens is 3. The summed E-state index contributed by atoms with van der Waals surface area (Å²) >= 11 is 6.82. The molecule has 0 atom stereocenters. The van der Waals surface area contributed by atoms with Gasteiger partial charge in [0.15, 0.2) is 5.15 Å². The van der Waals surface area contributed by atoms with Crippen molar-refractivity contribution in [2.24, 2.45) is 0 Å². The van der Waals surface area contributed by atoms with E-state index in [1.54, 1.807) is 18.3 Å². The van der Waals surface area contributed by atoms with Crippen LogP contribution >= 0.6 is 23.1 Å². The Bertz CT molecular complexity index is 758. The Kier molecular flexibility index (Phi) is 2.63. The average Bonchev–Trinajstić information content (AvgIpc) is 2.96. The first-order chi connectivity index (χ1) is 8.78. The second-order valence-electron chi connectivity index (χ2n) is 3.47. The van der Waals surface area contributed by atoms with Crippen molar-refractivity contribution in [2.75, 3.05) is 0 Å². The van der Waals surface area contributed by atoms with E-state index in [-0.39, 0.29) is 10.7 Å². The van der Waals surface area contributed by atoms with E-state index in [0.29, 0.717) is 10.8 Å². The van der Waals surface area contributed by atoms with Crippen LogP contribution in [-0.4, -0.2) is 14.6 Å². The first kappa shape index (κ1) is 11.0. The molecule has 2 aromatic heterocycles. The van der Waals surface area contributed by atoms with Gasteiger partial charge in [-0.2, -0.15) is 14.7 Å². The number of rotatable bonds is 2. The number of hydrogen-bond donors (Lipinski definition) is 1. The van der Waals surface area contributed by atoms with Crippen LogP contribution in [0.15, 0.2) is 24.4 Å². The number of H-pyrrole nitrogens is 1.